The predicted octanol–water partition coefficient (Wildman–Crippen LogP) is 2.62. The molecule has 0 aliphatic carbocycles. The van der Waals surface area contributed by atoms with Gasteiger partial charge in [0.25, 0.3) is 5.91 Å². The van der Waals surface area contributed by atoms with E-state index >= 15 is 0 Å². The summed E-state index contributed by atoms with van der Waals surface area (Å²) in [5.41, 5.74) is 0.700. The minimum Gasteiger partial charge on any atom is -0.467 e. The van der Waals surface area contributed by atoms with Crippen molar-refractivity contribution >= 4 is 17.8 Å². The molecule has 0 radical (unpaired) electrons. The molecule has 1 aliphatic rings. The van der Waals surface area contributed by atoms with Crippen molar-refractivity contribution < 1.29 is 18.8 Å². The molecule has 8 nitrogen and oxygen atoms in total. The minimum atomic E-state index is -0.541. The molecule has 1 aromatic heterocycles. The molecule has 3 rings (SSSR count). The first-order valence-corrected chi connectivity index (χ1v) is 10.7. The molecule has 166 valence electrons. The van der Waals surface area contributed by atoms with E-state index in [0.29, 0.717) is 24.4 Å². The first-order chi connectivity index (χ1) is 15.1. The number of carbonyl (C=O) groups is 3. The predicted molar refractivity (Wildman–Crippen MR) is 116 cm³/mol. The van der Waals surface area contributed by atoms with E-state index in [4.69, 9.17) is 4.42 Å². The SMILES string of the molecule is CCCN(CC(=O)NC(=O)NCc1ccco1)C1CCN(C(=O)c2ccccc2)CC1. The van der Waals surface area contributed by atoms with Crippen molar-refractivity contribution in [3.63, 3.8) is 0 Å². The molecular weight excluding hydrogens is 396 g/mol. The van der Waals surface area contributed by atoms with Gasteiger partial charge in [0.05, 0.1) is 19.4 Å². The molecule has 1 aliphatic heterocycles. The Labute approximate surface area is 182 Å². The number of nitrogens with zero attached hydrogens (tertiary/aromatic N) is 2. The topological polar surface area (TPSA) is 94.9 Å². The third kappa shape index (κ3) is 6.68. The molecule has 0 unspecified atom stereocenters. The Kier molecular flexibility index (Phi) is 8.23. The number of nitrogens with one attached hydrogen (secondary N) is 2. The van der Waals surface area contributed by atoms with Crippen LogP contribution in [0.4, 0.5) is 4.79 Å². The normalized spacial score (nSPS) is 14.5. The van der Waals surface area contributed by atoms with Gasteiger partial charge < -0.3 is 14.6 Å². The van der Waals surface area contributed by atoms with Crippen LogP contribution in [0.2, 0.25) is 0 Å². The van der Waals surface area contributed by atoms with E-state index in [1.54, 1.807) is 12.1 Å². The van der Waals surface area contributed by atoms with Crippen molar-refractivity contribution in [3.8, 4) is 0 Å². The van der Waals surface area contributed by atoms with Gasteiger partial charge in [-0.05, 0) is 50.1 Å². The second kappa shape index (κ2) is 11.3. The first kappa shape index (κ1) is 22.6. The Hall–Kier alpha value is -3.13. The van der Waals surface area contributed by atoms with Gasteiger partial charge in [-0.15, -0.1) is 0 Å². The number of hydrogen-bond acceptors (Lipinski definition) is 5. The summed E-state index contributed by atoms with van der Waals surface area (Å²) in [7, 11) is 0. The fraction of sp³-hybridized carbons (Fsp3) is 0.435. The number of rotatable bonds is 8. The van der Waals surface area contributed by atoms with Crippen molar-refractivity contribution in [1.82, 2.24) is 20.4 Å². The fourth-order valence-corrected chi connectivity index (χ4v) is 3.85. The van der Waals surface area contributed by atoms with E-state index in [9.17, 15) is 14.4 Å². The molecule has 0 bridgehead atoms. The Morgan fingerprint density at radius 1 is 1.10 bits per heavy atom. The Balaban J connectivity index is 1.46. The zero-order valence-electron chi connectivity index (χ0n) is 17.9. The second-order valence-electron chi connectivity index (χ2n) is 7.67. The molecule has 4 amide bonds. The smallest absolute Gasteiger partial charge is 0.321 e. The lowest BCUT2D eigenvalue weighted by atomic mass is 10.0. The van der Waals surface area contributed by atoms with Crippen LogP contribution < -0.4 is 10.6 Å². The zero-order valence-corrected chi connectivity index (χ0v) is 17.9. The molecule has 2 aromatic rings. The summed E-state index contributed by atoms with van der Waals surface area (Å²) in [6.07, 6.45) is 4.04. The summed E-state index contributed by atoms with van der Waals surface area (Å²) in [4.78, 5) is 41.0. The van der Waals surface area contributed by atoms with Gasteiger partial charge in [-0.25, -0.2) is 4.79 Å². The lowest BCUT2D eigenvalue weighted by molar-refractivity contribution is -0.122. The van der Waals surface area contributed by atoms with Gasteiger partial charge in [-0.3, -0.25) is 19.8 Å². The van der Waals surface area contributed by atoms with E-state index in [-0.39, 0.29) is 30.9 Å². The van der Waals surface area contributed by atoms with Gasteiger partial charge in [-0.2, -0.15) is 0 Å². The molecule has 2 heterocycles. The Bertz CT molecular complexity index is 846. The van der Waals surface area contributed by atoms with E-state index in [1.165, 1.54) is 6.26 Å². The van der Waals surface area contributed by atoms with Gasteiger partial charge in [-0.1, -0.05) is 25.1 Å². The summed E-state index contributed by atoms with van der Waals surface area (Å²) in [6, 6.07) is 12.4. The Morgan fingerprint density at radius 2 is 1.84 bits per heavy atom. The third-order valence-electron chi connectivity index (χ3n) is 5.40. The fourth-order valence-electron chi connectivity index (χ4n) is 3.85. The van der Waals surface area contributed by atoms with Crippen molar-refractivity contribution in [1.29, 1.82) is 0 Å². The lowest BCUT2D eigenvalue weighted by Gasteiger charge is -2.38. The summed E-state index contributed by atoms with van der Waals surface area (Å²) in [6.45, 7) is 4.51. The third-order valence-corrected chi connectivity index (χ3v) is 5.40. The van der Waals surface area contributed by atoms with E-state index in [0.717, 1.165) is 25.8 Å². The van der Waals surface area contributed by atoms with Gasteiger partial charge in [0.1, 0.15) is 5.76 Å². The molecule has 1 fully saturated rings. The molecule has 0 atom stereocenters. The number of imide groups is 1. The number of piperidine rings is 1. The van der Waals surface area contributed by atoms with E-state index in [2.05, 4.69) is 22.5 Å². The van der Waals surface area contributed by atoms with Crippen molar-refractivity contribution in [3.05, 3.63) is 60.1 Å². The number of likely N-dealkylation sites (tertiary alicyclic amines) is 1. The zero-order chi connectivity index (χ0) is 22.1. The van der Waals surface area contributed by atoms with Crippen LogP contribution in [-0.4, -0.2) is 59.9 Å². The van der Waals surface area contributed by atoms with E-state index < -0.39 is 6.03 Å². The number of furan rings is 1. The molecular formula is C23H30N4O4. The number of urea groups is 1. The van der Waals surface area contributed by atoms with Gasteiger partial charge >= 0.3 is 6.03 Å². The van der Waals surface area contributed by atoms with Crippen molar-refractivity contribution in [2.75, 3.05) is 26.2 Å². The summed E-state index contributed by atoms with van der Waals surface area (Å²) in [5, 5.41) is 4.99. The van der Waals surface area contributed by atoms with Crippen LogP contribution in [0.1, 0.15) is 42.3 Å². The average molecular weight is 427 g/mol. The highest BCUT2D eigenvalue weighted by molar-refractivity contribution is 5.95. The highest BCUT2D eigenvalue weighted by Crippen LogP contribution is 2.19. The van der Waals surface area contributed by atoms with Crippen LogP contribution in [0.15, 0.2) is 53.1 Å². The maximum atomic E-state index is 12.6. The summed E-state index contributed by atoms with van der Waals surface area (Å²) >= 11 is 0. The number of benzene rings is 1. The number of carbonyl (C=O) groups excluding carboxylic acids is 3. The monoisotopic (exact) mass is 426 g/mol. The van der Waals surface area contributed by atoms with Crippen LogP contribution >= 0.6 is 0 Å². The van der Waals surface area contributed by atoms with Gasteiger partial charge in [0.2, 0.25) is 5.91 Å². The van der Waals surface area contributed by atoms with Crippen molar-refractivity contribution in [2.45, 2.75) is 38.8 Å². The minimum absolute atomic E-state index is 0.0482. The summed E-state index contributed by atoms with van der Waals surface area (Å²) < 4.78 is 5.15. The maximum Gasteiger partial charge on any atom is 0.321 e. The van der Waals surface area contributed by atoms with Gasteiger partial charge in [0.15, 0.2) is 0 Å². The molecule has 0 spiro atoms. The number of hydrogen-bond donors (Lipinski definition) is 2. The van der Waals surface area contributed by atoms with Crippen LogP contribution in [0.25, 0.3) is 0 Å². The molecule has 1 saturated heterocycles. The first-order valence-electron chi connectivity index (χ1n) is 10.7. The molecule has 8 heteroatoms. The average Bonchev–Trinajstić information content (AvgIpc) is 3.31. The molecule has 2 N–H and O–H groups in total. The highest BCUT2D eigenvalue weighted by Gasteiger charge is 2.28. The Morgan fingerprint density at radius 3 is 2.48 bits per heavy atom. The van der Waals surface area contributed by atoms with Crippen LogP contribution in [0, 0.1) is 0 Å². The molecule has 0 saturated carbocycles. The standard InChI is InChI=1S/C23H30N4O4/c1-2-12-27(17-21(28)25-23(30)24-16-20-9-6-15-31-20)19-10-13-26(14-11-19)22(29)18-7-4-3-5-8-18/h3-9,15,19H,2,10-14,16-17H2,1H3,(H2,24,25,28,30). The largest absolute Gasteiger partial charge is 0.467 e. The number of amides is 4. The van der Waals surface area contributed by atoms with Crippen molar-refractivity contribution in [2.24, 2.45) is 0 Å². The van der Waals surface area contributed by atoms with Crippen LogP contribution in [0.3, 0.4) is 0 Å². The van der Waals surface area contributed by atoms with Gasteiger partial charge in [0, 0.05) is 24.7 Å². The molecule has 1 aromatic carbocycles. The van der Waals surface area contributed by atoms with Crippen LogP contribution in [0.5, 0.6) is 0 Å². The maximum absolute atomic E-state index is 12.6. The second-order valence-corrected chi connectivity index (χ2v) is 7.67. The molecule has 31 heavy (non-hydrogen) atoms. The van der Waals surface area contributed by atoms with E-state index in [1.807, 2.05) is 35.2 Å². The lowest BCUT2D eigenvalue weighted by Crippen LogP contribution is -2.51. The summed E-state index contributed by atoms with van der Waals surface area (Å²) in [5.74, 6) is 0.326. The highest BCUT2D eigenvalue weighted by atomic mass is 16.3. The van der Waals surface area contributed by atoms with Crippen LogP contribution in [-0.2, 0) is 11.3 Å². The quantitative estimate of drug-likeness (QED) is 0.677.